The van der Waals surface area contributed by atoms with Crippen LogP contribution in [0.15, 0.2) is 71.9 Å². The lowest BCUT2D eigenvalue weighted by atomic mass is 9.97. The van der Waals surface area contributed by atoms with Crippen LogP contribution in [0.3, 0.4) is 0 Å². The molecule has 36 heavy (non-hydrogen) atoms. The van der Waals surface area contributed by atoms with Gasteiger partial charge in [-0.3, -0.25) is 14.5 Å². The van der Waals surface area contributed by atoms with Crippen molar-refractivity contribution in [1.29, 1.82) is 0 Å². The van der Waals surface area contributed by atoms with Crippen LogP contribution in [-0.4, -0.2) is 39.4 Å². The molecule has 0 bridgehead atoms. The number of sulfonamides is 1. The lowest BCUT2D eigenvalue weighted by Crippen LogP contribution is -2.13. The van der Waals surface area contributed by atoms with Crippen LogP contribution in [0.4, 0.5) is 5.69 Å². The third kappa shape index (κ3) is 4.42. The third-order valence-electron chi connectivity index (χ3n) is 6.38. The summed E-state index contributed by atoms with van der Waals surface area (Å²) in [6.07, 6.45) is 8.64. The summed E-state index contributed by atoms with van der Waals surface area (Å²) < 4.78 is 29.9. The molecule has 0 aliphatic heterocycles. The number of carbonyl (C=O) groups excluding carboxylic acids is 1. The maximum atomic E-state index is 12.9. The number of hydrogen-bond acceptors (Lipinski definition) is 7. The molecule has 1 fully saturated rings. The van der Waals surface area contributed by atoms with E-state index in [2.05, 4.69) is 32.4 Å². The molecule has 10 heteroatoms. The van der Waals surface area contributed by atoms with Gasteiger partial charge in [-0.15, -0.1) is 5.10 Å². The highest BCUT2D eigenvalue weighted by atomic mass is 32.2. The monoisotopic (exact) mass is 498 g/mol. The largest absolute Gasteiger partial charge is 0.299 e. The van der Waals surface area contributed by atoms with Crippen LogP contribution < -0.4 is 4.72 Å². The van der Waals surface area contributed by atoms with E-state index in [1.807, 2.05) is 18.2 Å². The number of ketones is 1. The van der Waals surface area contributed by atoms with E-state index in [4.69, 9.17) is 4.98 Å². The summed E-state index contributed by atoms with van der Waals surface area (Å²) in [6.45, 7) is 0. The van der Waals surface area contributed by atoms with Gasteiger partial charge in [-0.1, -0.05) is 24.3 Å². The molecule has 1 N–H and O–H groups in total. The highest BCUT2D eigenvalue weighted by Gasteiger charge is 2.30. The number of aromatic nitrogens is 5. The number of allylic oxidation sites excluding steroid dienone is 1. The number of nitrogens with one attached hydrogen (secondary N) is 1. The van der Waals surface area contributed by atoms with Gasteiger partial charge < -0.3 is 0 Å². The molecule has 2 aromatic heterocycles. The fourth-order valence-corrected chi connectivity index (χ4v) is 5.40. The van der Waals surface area contributed by atoms with Crippen LogP contribution in [0.25, 0.3) is 22.9 Å². The van der Waals surface area contributed by atoms with Crippen LogP contribution in [0.5, 0.6) is 0 Å². The van der Waals surface area contributed by atoms with Crippen molar-refractivity contribution in [3.8, 4) is 16.8 Å². The second-order valence-electron chi connectivity index (χ2n) is 8.98. The van der Waals surface area contributed by atoms with Crippen molar-refractivity contribution in [1.82, 2.24) is 25.2 Å². The van der Waals surface area contributed by atoms with E-state index in [1.54, 1.807) is 24.3 Å². The van der Waals surface area contributed by atoms with E-state index in [0.717, 1.165) is 47.3 Å². The molecule has 0 radical (unpaired) electrons. The highest BCUT2D eigenvalue weighted by molar-refractivity contribution is 7.92. The average molecular weight is 499 g/mol. The summed E-state index contributed by atoms with van der Waals surface area (Å²) in [4.78, 5) is 17.2. The van der Waals surface area contributed by atoms with Gasteiger partial charge in [0.25, 0.3) is 10.0 Å². The Hall–Kier alpha value is -4.18. The van der Waals surface area contributed by atoms with Gasteiger partial charge in [-0.25, -0.2) is 13.1 Å². The predicted molar refractivity (Wildman–Crippen MR) is 134 cm³/mol. The molecule has 9 nitrogen and oxygen atoms in total. The minimum Gasteiger partial charge on any atom is -0.299 e. The molecule has 0 saturated heterocycles. The van der Waals surface area contributed by atoms with E-state index >= 15 is 0 Å². The Morgan fingerprint density at radius 3 is 2.53 bits per heavy atom. The normalized spacial score (nSPS) is 14.6. The number of hydrogen-bond donors (Lipinski definition) is 1. The molecule has 0 atom stereocenters. The van der Waals surface area contributed by atoms with Gasteiger partial charge in [0.15, 0.2) is 0 Å². The van der Waals surface area contributed by atoms with Gasteiger partial charge in [0.2, 0.25) is 0 Å². The molecule has 2 heterocycles. The smallest absolute Gasteiger partial charge is 0.261 e. The lowest BCUT2D eigenvalue weighted by Gasteiger charge is -2.13. The van der Waals surface area contributed by atoms with Crippen molar-refractivity contribution < 1.29 is 13.2 Å². The number of rotatable bonds is 8. The van der Waals surface area contributed by atoms with Crippen LogP contribution >= 0.6 is 0 Å². The zero-order valence-electron chi connectivity index (χ0n) is 19.2. The molecular formula is C26H22N6O3S. The molecule has 2 aliphatic rings. The Bertz CT molecular complexity index is 1570. The van der Waals surface area contributed by atoms with Crippen molar-refractivity contribution in [2.75, 3.05) is 4.72 Å². The molecule has 1 saturated carbocycles. The number of nitrogens with zero attached hydrogens (tertiary/aromatic N) is 5. The number of tetrazole rings is 1. The van der Waals surface area contributed by atoms with Gasteiger partial charge in [0, 0.05) is 35.7 Å². The second kappa shape index (κ2) is 8.80. The molecule has 6 rings (SSSR count). The molecular weight excluding hydrogens is 476 g/mol. The summed E-state index contributed by atoms with van der Waals surface area (Å²) in [6, 6.07) is 15.5. The maximum Gasteiger partial charge on any atom is 0.261 e. The topological polar surface area (TPSA) is 120 Å². The van der Waals surface area contributed by atoms with E-state index in [0.29, 0.717) is 17.8 Å². The Balaban J connectivity index is 1.23. The molecule has 0 unspecified atom stereocenters. The minimum absolute atomic E-state index is 0.130. The highest BCUT2D eigenvalue weighted by Crippen LogP contribution is 2.34. The first-order valence-corrected chi connectivity index (χ1v) is 13.1. The Kier molecular flexibility index (Phi) is 5.45. The van der Waals surface area contributed by atoms with Crippen molar-refractivity contribution in [2.24, 2.45) is 5.92 Å². The van der Waals surface area contributed by atoms with Crippen LogP contribution in [0.2, 0.25) is 0 Å². The Labute approximate surface area is 207 Å². The van der Waals surface area contributed by atoms with Crippen molar-refractivity contribution in [2.45, 2.75) is 30.6 Å². The van der Waals surface area contributed by atoms with E-state index in [1.165, 1.54) is 23.1 Å². The second-order valence-corrected chi connectivity index (χ2v) is 10.7. The molecule has 180 valence electrons. The van der Waals surface area contributed by atoms with Crippen molar-refractivity contribution in [3.63, 3.8) is 0 Å². The Morgan fingerprint density at radius 2 is 1.83 bits per heavy atom. The maximum absolute atomic E-state index is 12.9. The zero-order valence-corrected chi connectivity index (χ0v) is 20.0. The van der Waals surface area contributed by atoms with Crippen LogP contribution in [-0.2, 0) is 27.7 Å². The van der Waals surface area contributed by atoms with Gasteiger partial charge >= 0.3 is 0 Å². The summed E-state index contributed by atoms with van der Waals surface area (Å²) in [5.41, 5.74) is 5.86. The Morgan fingerprint density at radius 1 is 1.06 bits per heavy atom. The summed E-state index contributed by atoms with van der Waals surface area (Å²) in [5.74, 6) is 0.458. The first kappa shape index (κ1) is 22.3. The van der Waals surface area contributed by atoms with Crippen molar-refractivity contribution in [3.05, 3.63) is 84.0 Å². The first-order valence-electron chi connectivity index (χ1n) is 11.6. The molecule has 4 aromatic rings. The molecule has 2 aliphatic carbocycles. The number of carbonyl (C=O) groups is 1. The number of benzene rings is 2. The standard InChI is InChI=1S/C26H22N6O3S/c33-26(18-4-5-18)15-20-14-24(23-2-1-3-25(23)28-20)17-6-8-19(9-7-17)29-36(34,35)22-12-10-21(11-13-22)32-16-27-30-31-32/h1-2,6-14,16,18,29H,3-5,15H2. The predicted octanol–water partition coefficient (Wildman–Crippen LogP) is 3.62. The number of fused-ring (bicyclic) bond motifs is 1. The SMILES string of the molecule is O=C(Cc1cc(-c2ccc(NS(=O)(=O)c3ccc(-n4cnnn4)cc3)cc2)c2c(n1)CC=C2)C1CC1. The lowest BCUT2D eigenvalue weighted by molar-refractivity contribution is -0.119. The summed E-state index contributed by atoms with van der Waals surface area (Å²) in [5, 5.41) is 11.0. The fourth-order valence-electron chi connectivity index (χ4n) is 4.34. The van der Waals surface area contributed by atoms with Crippen molar-refractivity contribution >= 4 is 27.6 Å². The van der Waals surface area contributed by atoms with E-state index in [-0.39, 0.29) is 16.6 Å². The quantitative estimate of drug-likeness (QED) is 0.394. The van der Waals surface area contributed by atoms with E-state index < -0.39 is 10.0 Å². The zero-order chi connectivity index (χ0) is 24.7. The number of Topliss-reactive ketones (excluding diaryl/α,β-unsaturated/α-hetero) is 1. The third-order valence-corrected chi connectivity index (χ3v) is 7.78. The summed E-state index contributed by atoms with van der Waals surface area (Å²) in [7, 11) is -3.78. The molecule has 2 aromatic carbocycles. The van der Waals surface area contributed by atoms with Crippen LogP contribution in [0, 0.1) is 5.92 Å². The fraction of sp³-hybridized carbons (Fsp3) is 0.192. The van der Waals surface area contributed by atoms with Gasteiger partial charge in [-0.05, 0) is 76.9 Å². The van der Waals surface area contributed by atoms with Gasteiger partial charge in [0.1, 0.15) is 12.1 Å². The van der Waals surface area contributed by atoms with Crippen LogP contribution in [0.1, 0.15) is 29.8 Å². The molecule has 0 spiro atoms. The summed E-state index contributed by atoms with van der Waals surface area (Å²) >= 11 is 0. The van der Waals surface area contributed by atoms with Gasteiger partial charge in [0.05, 0.1) is 16.3 Å². The van der Waals surface area contributed by atoms with Gasteiger partial charge in [-0.2, -0.15) is 0 Å². The molecule has 0 amide bonds. The average Bonchev–Trinajstić information content (AvgIpc) is 3.38. The van der Waals surface area contributed by atoms with E-state index in [9.17, 15) is 13.2 Å². The number of anilines is 1. The number of pyridine rings is 1. The first-order chi connectivity index (χ1) is 17.5. The minimum atomic E-state index is -3.78.